The molecule has 1 aromatic rings. The van der Waals surface area contributed by atoms with Crippen molar-refractivity contribution in [2.45, 2.75) is 38.0 Å². The molecule has 140 valence electrons. The van der Waals surface area contributed by atoms with Gasteiger partial charge in [0.2, 0.25) is 0 Å². The number of nitrogens with zero attached hydrogens (tertiary/aromatic N) is 1. The zero-order valence-corrected chi connectivity index (χ0v) is 14.5. The Kier molecular flexibility index (Phi) is 5.58. The van der Waals surface area contributed by atoms with Gasteiger partial charge in [0.15, 0.2) is 11.6 Å². The van der Waals surface area contributed by atoms with E-state index in [1.165, 1.54) is 13.2 Å². The van der Waals surface area contributed by atoms with Crippen LogP contribution in [0, 0.1) is 17.0 Å². The van der Waals surface area contributed by atoms with Gasteiger partial charge in [-0.3, -0.25) is 4.90 Å². The lowest BCUT2D eigenvalue weighted by atomic mass is 9.58. The minimum atomic E-state index is -0.867. The average Bonchev–Trinajstić information content (AvgIpc) is 2.63. The number of hydrogen-bond donors (Lipinski definition) is 2. The number of piperidine rings is 1. The number of ether oxygens (including phenoxy) is 2. The van der Waals surface area contributed by atoms with Crippen LogP contribution in [0.15, 0.2) is 12.1 Å². The Morgan fingerprint density at radius 3 is 2.64 bits per heavy atom. The number of halogens is 2. The van der Waals surface area contributed by atoms with Crippen molar-refractivity contribution in [1.29, 1.82) is 0 Å². The lowest BCUT2D eigenvalue weighted by Crippen LogP contribution is -2.62. The summed E-state index contributed by atoms with van der Waals surface area (Å²) in [7, 11) is 1.45. The van der Waals surface area contributed by atoms with Gasteiger partial charge in [-0.05, 0) is 38.1 Å². The first kappa shape index (κ1) is 18.5. The van der Waals surface area contributed by atoms with E-state index in [0.717, 1.165) is 18.9 Å². The summed E-state index contributed by atoms with van der Waals surface area (Å²) in [5.74, 6) is -1.37. The van der Waals surface area contributed by atoms with Gasteiger partial charge in [-0.15, -0.1) is 0 Å². The number of aliphatic hydroxyl groups excluding tert-OH is 1. The number of likely N-dealkylation sites (tertiary alicyclic amines) is 1. The Bertz CT molecular complexity index is 606. The number of nitrogens with two attached hydrogens (primary N) is 1. The van der Waals surface area contributed by atoms with E-state index in [-0.39, 0.29) is 29.7 Å². The minimum Gasteiger partial charge on any atom is -0.496 e. The van der Waals surface area contributed by atoms with E-state index in [4.69, 9.17) is 15.2 Å². The van der Waals surface area contributed by atoms with Crippen LogP contribution in [0.2, 0.25) is 0 Å². The van der Waals surface area contributed by atoms with Gasteiger partial charge in [-0.25, -0.2) is 8.78 Å². The first-order valence-electron chi connectivity index (χ1n) is 8.75. The lowest BCUT2D eigenvalue weighted by molar-refractivity contribution is -0.210. The van der Waals surface area contributed by atoms with E-state index in [0.29, 0.717) is 38.4 Å². The SMILES string of the molecule is COc1ccc(F)c(F)c1CN1CCC2(CC1)[C@@H](O)C[C@H]2OCCN. The van der Waals surface area contributed by atoms with Crippen LogP contribution in [0.3, 0.4) is 0 Å². The van der Waals surface area contributed by atoms with Crippen LogP contribution in [-0.4, -0.2) is 55.6 Å². The molecular formula is C18H26F2N2O3. The first-order valence-corrected chi connectivity index (χ1v) is 8.75. The molecule has 1 spiro atoms. The Morgan fingerprint density at radius 2 is 2.04 bits per heavy atom. The lowest BCUT2D eigenvalue weighted by Gasteiger charge is -2.56. The van der Waals surface area contributed by atoms with Gasteiger partial charge in [0, 0.05) is 30.5 Å². The van der Waals surface area contributed by atoms with Crippen molar-refractivity contribution in [2.24, 2.45) is 11.1 Å². The van der Waals surface area contributed by atoms with Crippen molar-refractivity contribution < 1.29 is 23.4 Å². The molecule has 25 heavy (non-hydrogen) atoms. The summed E-state index contributed by atoms with van der Waals surface area (Å²) in [6.45, 7) is 2.63. The molecule has 1 aliphatic heterocycles. The first-order chi connectivity index (χ1) is 12.0. The second-order valence-corrected chi connectivity index (χ2v) is 6.95. The van der Waals surface area contributed by atoms with Gasteiger partial charge in [-0.1, -0.05) is 0 Å². The Labute approximate surface area is 146 Å². The van der Waals surface area contributed by atoms with Crippen molar-refractivity contribution >= 4 is 0 Å². The average molecular weight is 356 g/mol. The van der Waals surface area contributed by atoms with Crippen LogP contribution >= 0.6 is 0 Å². The summed E-state index contributed by atoms with van der Waals surface area (Å²) in [5.41, 5.74) is 5.51. The van der Waals surface area contributed by atoms with Crippen molar-refractivity contribution in [2.75, 3.05) is 33.4 Å². The van der Waals surface area contributed by atoms with Crippen LogP contribution in [0.5, 0.6) is 5.75 Å². The second kappa shape index (κ2) is 7.53. The van der Waals surface area contributed by atoms with Crippen LogP contribution in [-0.2, 0) is 11.3 Å². The third-order valence-corrected chi connectivity index (χ3v) is 5.72. The minimum absolute atomic E-state index is 0.0358. The molecule has 3 N–H and O–H groups in total. The molecule has 1 aromatic carbocycles. The monoisotopic (exact) mass is 356 g/mol. The van der Waals surface area contributed by atoms with Crippen molar-refractivity contribution in [3.8, 4) is 5.75 Å². The zero-order valence-electron chi connectivity index (χ0n) is 14.5. The summed E-state index contributed by atoms with van der Waals surface area (Å²) in [6.07, 6.45) is 1.85. The quantitative estimate of drug-likeness (QED) is 0.812. The van der Waals surface area contributed by atoms with Crippen molar-refractivity contribution in [1.82, 2.24) is 4.90 Å². The number of benzene rings is 1. The van der Waals surface area contributed by atoms with Gasteiger partial charge in [0.25, 0.3) is 0 Å². The van der Waals surface area contributed by atoms with Gasteiger partial charge >= 0.3 is 0 Å². The van der Waals surface area contributed by atoms with E-state index in [1.807, 2.05) is 0 Å². The van der Waals surface area contributed by atoms with E-state index >= 15 is 0 Å². The smallest absolute Gasteiger partial charge is 0.167 e. The molecule has 1 aliphatic carbocycles. The normalized spacial score (nSPS) is 25.8. The van der Waals surface area contributed by atoms with Crippen molar-refractivity contribution in [3.05, 3.63) is 29.3 Å². The molecule has 1 heterocycles. The standard InChI is InChI=1S/C18H26F2N2O3/c1-24-14-3-2-13(19)17(20)12(14)11-22-7-4-18(5-8-22)15(23)10-16(18)25-9-6-21/h2-3,15-16,23H,4-11,21H2,1H3/t15-,16+/m0/s1. The molecule has 1 saturated heterocycles. The molecular weight excluding hydrogens is 330 g/mol. The Hall–Kier alpha value is -1.28. The number of aliphatic hydroxyl groups is 1. The summed E-state index contributed by atoms with van der Waals surface area (Å²) in [5, 5.41) is 10.3. The summed E-state index contributed by atoms with van der Waals surface area (Å²) in [6, 6.07) is 2.53. The zero-order chi connectivity index (χ0) is 18.0. The van der Waals surface area contributed by atoms with Gasteiger partial charge in [0.05, 0.1) is 25.9 Å². The maximum atomic E-state index is 14.1. The molecule has 0 unspecified atom stereocenters. The fourth-order valence-electron chi connectivity index (χ4n) is 4.09. The highest BCUT2D eigenvalue weighted by atomic mass is 19.2. The third-order valence-electron chi connectivity index (χ3n) is 5.72. The number of methoxy groups -OCH3 is 1. The highest BCUT2D eigenvalue weighted by molar-refractivity contribution is 5.35. The van der Waals surface area contributed by atoms with Gasteiger partial charge in [-0.2, -0.15) is 0 Å². The van der Waals surface area contributed by atoms with E-state index < -0.39 is 11.6 Å². The number of hydrogen-bond acceptors (Lipinski definition) is 5. The predicted molar refractivity (Wildman–Crippen MR) is 89.3 cm³/mol. The number of rotatable bonds is 6. The Balaban J connectivity index is 1.65. The van der Waals surface area contributed by atoms with Crippen LogP contribution in [0.1, 0.15) is 24.8 Å². The molecule has 2 atom stereocenters. The molecule has 1 saturated carbocycles. The van der Waals surface area contributed by atoms with Crippen LogP contribution in [0.4, 0.5) is 8.78 Å². The molecule has 2 aliphatic rings. The van der Waals surface area contributed by atoms with E-state index in [9.17, 15) is 13.9 Å². The van der Waals surface area contributed by atoms with Crippen molar-refractivity contribution in [3.63, 3.8) is 0 Å². The van der Waals surface area contributed by atoms with Gasteiger partial charge in [0.1, 0.15) is 5.75 Å². The molecule has 0 aromatic heterocycles. The maximum Gasteiger partial charge on any atom is 0.167 e. The fraction of sp³-hybridized carbons (Fsp3) is 0.667. The van der Waals surface area contributed by atoms with E-state index in [1.54, 1.807) is 0 Å². The summed E-state index contributed by atoms with van der Waals surface area (Å²) in [4.78, 5) is 2.07. The summed E-state index contributed by atoms with van der Waals surface area (Å²) >= 11 is 0. The maximum absolute atomic E-state index is 14.1. The second-order valence-electron chi connectivity index (χ2n) is 6.95. The highest BCUT2D eigenvalue weighted by Crippen LogP contribution is 2.51. The molecule has 0 amide bonds. The molecule has 7 heteroatoms. The molecule has 0 bridgehead atoms. The molecule has 3 rings (SSSR count). The van der Waals surface area contributed by atoms with Gasteiger partial charge < -0.3 is 20.3 Å². The topological polar surface area (TPSA) is 68.0 Å². The fourth-order valence-corrected chi connectivity index (χ4v) is 4.09. The summed E-state index contributed by atoms with van der Waals surface area (Å²) < 4.78 is 38.6. The Morgan fingerprint density at radius 1 is 1.32 bits per heavy atom. The largest absolute Gasteiger partial charge is 0.496 e. The predicted octanol–water partition coefficient (Wildman–Crippen LogP) is 1.66. The van der Waals surface area contributed by atoms with E-state index in [2.05, 4.69) is 4.90 Å². The molecule has 2 fully saturated rings. The van der Waals surface area contributed by atoms with Crippen LogP contribution < -0.4 is 10.5 Å². The highest BCUT2D eigenvalue weighted by Gasteiger charge is 2.56. The third kappa shape index (κ3) is 3.38. The van der Waals surface area contributed by atoms with Crippen LogP contribution in [0.25, 0.3) is 0 Å². The molecule has 5 nitrogen and oxygen atoms in total. The molecule has 0 radical (unpaired) electrons.